The molecule has 1 aromatic heterocycles. The second kappa shape index (κ2) is 7.94. The number of nitrogens with one attached hydrogen (secondary N) is 2. The van der Waals surface area contributed by atoms with Gasteiger partial charge >= 0.3 is 6.09 Å². The zero-order valence-electron chi connectivity index (χ0n) is 16.9. The number of carbonyl (C=O) groups excluding carboxylic acids is 2. The van der Waals surface area contributed by atoms with Gasteiger partial charge in [0.2, 0.25) is 0 Å². The average Bonchev–Trinajstić information content (AvgIpc) is 2.65. The van der Waals surface area contributed by atoms with Gasteiger partial charge in [0, 0.05) is 12.4 Å². The van der Waals surface area contributed by atoms with Crippen LogP contribution in [0.15, 0.2) is 47.3 Å². The number of hydrogen-bond donors (Lipinski definition) is 2. The van der Waals surface area contributed by atoms with Crippen molar-refractivity contribution in [3.63, 3.8) is 0 Å². The molecule has 0 saturated heterocycles. The van der Waals surface area contributed by atoms with Crippen molar-refractivity contribution in [1.82, 2.24) is 9.78 Å². The summed E-state index contributed by atoms with van der Waals surface area (Å²) in [4.78, 5) is 37.3. The first-order chi connectivity index (χ1) is 14.0. The van der Waals surface area contributed by atoms with Gasteiger partial charge in [-0.3, -0.25) is 14.9 Å². The first kappa shape index (κ1) is 21.0. The number of carbonyl (C=O) groups is 2. The zero-order chi connectivity index (χ0) is 22.1. The first-order valence-electron chi connectivity index (χ1n) is 9.12. The fourth-order valence-corrected chi connectivity index (χ4v) is 2.79. The molecule has 8 nitrogen and oxygen atoms in total. The van der Waals surface area contributed by atoms with Crippen molar-refractivity contribution in [1.29, 1.82) is 0 Å². The van der Waals surface area contributed by atoms with Gasteiger partial charge in [0.05, 0.1) is 16.8 Å². The van der Waals surface area contributed by atoms with Crippen LogP contribution in [-0.4, -0.2) is 27.4 Å². The Bertz CT molecular complexity index is 1200. The minimum Gasteiger partial charge on any atom is -0.444 e. The minimum absolute atomic E-state index is 0.0137. The lowest BCUT2D eigenvalue weighted by Crippen LogP contribution is -2.28. The Hall–Kier alpha value is -3.75. The van der Waals surface area contributed by atoms with Crippen molar-refractivity contribution in [2.24, 2.45) is 7.05 Å². The number of hydrogen-bond acceptors (Lipinski definition) is 5. The number of fused-ring (bicyclic) bond motifs is 1. The third-order valence-corrected chi connectivity index (χ3v) is 4.04. The molecule has 2 aromatic carbocycles. The van der Waals surface area contributed by atoms with Crippen molar-refractivity contribution in [2.75, 3.05) is 10.6 Å². The summed E-state index contributed by atoms with van der Waals surface area (Å²) < 4.78 is 20.1. The van der Waals surface area contributed by atoms with Gasteiger partial charge in [-0.05, 0) is 45.0 Å². The van der Waals surface area contributed by atoms with Crippen molar-refractivity contribution in [3.8, 4) is 0 Å². The number of anilines is 2. The van der Waals surface area contributed by atoms with Gasteiger partial charge in [0.1, 0.15) is 11.4 Å². The standard InChI is InChI=1S/C21H21FN4O4/c1-21(2,3)30-20(29)24-15-10-9-12(22)11-16(15)23-18(27)17-13-7-5-6-8-14(13)19(28)26(4)25-17/h5-11H,1-4H3,(H,23,27)(H,24,29). The number of halogens is 1. The maximum atomic E-state index is 13.8. The Labute approximate surface area is 171 Å². The van der Waals surface area contributed by atoms with E-state index >= 15 is 0 Å². The smallest absolute Gasteiger partial charge is 0.412 e. The van der Waals surface area contributed by atoms with Gasteiger partial charge in [-0.2, -0.15) is 5.10 Å². The molecule has 0 fully saturated rings. The summed E-state index contributed by atoms with van der Waals surface area (Å²) in [6.07, 6.45) is -0.754. The van der Waals surface area contributed by atoms with Crippen LogP contribution in [0.3, 0.4) is 0 Å². The molecule has 0 saturated carbocycles. The van der Waals surface area contributed by atoms with Gasteiger partial charge in [-0.15, -0.1) is 0 Å². The summed E-state index contributed by atoms with van der Waals surface area (Å²) in [7, 11) is 1.43. The van der Waals surface area contributed by atoms with Gasteiger partial charge in [0.25, 0.3) is 11.5 Å². The Morgan fingerprint density at radius 3 is 2.37 bits per heavy atom. The molecule has 30 heavy (non-hydrogen) atoms. The number of aromatic nitrogens is 2. The van der Waals surface area contributed by atoms with Crippen LogP contribution < -0.4 is 16.2 Å². The van der Waals surface area contributed by atoms with E-state index in [2.05, 4.69) is 15.7 Å². The van der Waals surface area contributed by atoms with Crippen LogP contribution in [0, 0.1) is 5.82 Å². The number of rotatable bonds is 3. The topological polar surface area (TPSA) is 102 Å². The Morgan fingerprint density at radius 1 is 1.03 bits per heavy atom. The largest absolute Gasteiger partial charge is 0.444 e. The number of benzene rings is 2. The SMILES string of the molecule is Cn1nc(C(=O)Nc2cc(F)ccc2NC(=O)OC(C)(C)C)c2ccccc2c1=O. The molecule has 0 bridgehead atoms. The summed E-state index contributed by atoms with van der Waals surface area (Å²) in [6, 6.07) is 10.1. The third-order valence-electron chi connectivity index (χ3n) is 4.04. The number of nitrogens with zero attached hydrogens (tertiary/aromatic N) is 2. The van der Waals surface area contributed by atoms with Crippen molar-refractivity contribution < 1.29 is 18.7 Å². The van der Waals surface area contributed by atoms with Gasteiger partial charge in [-0.25, -0.2) is 13.9 Å². The molecule has 156 valence electrons. The molecule has 2 amide bonds. The first-order valence-corrected chi connectivity index (χ1v) is 9.12. The van der Waals surface area contributed by atoms with Crippen LogP contribution in [0.2, 0.25) is 0 Å². The molecule has 1 heterocycles. The van der Waals surface area contributed by atoms with E-state index in [0.29, 0.717) is 10.8 Å². The lowest BCUT2D eigenvalue weighted by atomic mass is 10.1. The number of ether oxygens (including phenoxy) is 1. The van der Waals surface area contributed by atoms with Crippen LogP contribution >= 0.6 is 0 Å². The molecule has 3 rings (SSSR count). The Balaban J connectivity index is 1.96. The van der Waals surface area contributed by atoms with Crippen LogP contribution in [0.4, 0.5) is 20.6 Å². The normalized spacial score (nSPS) is 11.2. The van der Waals surface area contributed by atoms with Crippen LogP contribution in [0.5, 0.6) is 0 Å². The molecule has 0 aliphatic heterocycles. The van der Waals surface area contributed by atoms with Gasteiger partial charge in [-0.1, -0.05) is 18.2 Å². The fraction of sp³-hybridized carbons (Fsp3) is 0.238. The molecule has 3 aromatic rings. The molecule has 0 radical (unpaired) electrons. The molecule has 0 unspecified atom stereocenters. The van der Waals surface area contributed by atoms with Crippen molar-refractivity contribution in [2.45, 2.75) is 26.4 Å². The lowest BCUT2D eigenvalue weighted by molar-refractivity contribution is 0.0635. The molecular formula is C21H21FN4O4. The number of aryl methyl sites for hydroxylation is 1. The second-order valence-corrected chi connectivity index (χ2v) is 7.59. The molecule has 0 aliphatic carbocycles. The highest BCUT2D eigenvalue weighted by Crippen LogP contribution is 2.25. The van der Waals surface area contributed by atoms with Gasteiger partial charge in [0.15, 0.2) is 5.69 Å². The van der Waals surface area contributed by atoms with Crippen molar-refractivity contribution in [3.05, 3.63) is 64.3 Å². The molecule has 0 spiro atoms. The molecule has 2 N–H and O–H groups in total. The minimum atomic E-state index is -0.754. The van der Waals surface area contributed by atoms with Crippen LogP contribution in [0.25, 0.3) is 10.8 Å². The van der Waals surface area contributed by atoms with E-state index in [-0.39, 0.29) is 22.6 Å². The average molecular weight is 412 g/mol. The van der Waals surface area contributed by atoms with Crippen LogP contribution in [0.1, 0.15) is 31.3 Å². The molecular weight excluding hydrogens is 391 g/mol. The summed E-state index contributed by atoms with van der Waals surface area (Å²) in [5, 5.41) is 9.77. The highest BCUT2D eigenvalue weighted by molar-refractivity contribution is 6.12. The summed E-state index contributed by atoms with van der Waals surface area (Å²) in [5.41, 5.74) is -0.926. The van der Waals surface area contributed by atoms with Gasteiger partial charge < -0.3 is 10.1 Å². The second-order valence-electron chi connectivity index (χ2n) is 7.59. The maximum Gasteiger partial charge on any atom is 0.412 e. The maximum absolute atomic E-state index is 13.8. The monoisotopic (exact) mass is 412 g/mol. The summed E-state index contributed by atoms with van der Waals surface area (Å²) >= 11 is 0. The van der Waals surface area contributed by atoms with E-state index < -0.39 is 23.4 Å². The summed E-state index contributed by atoms with van der Waals surface area (Å²) in [6.45, 7) is 5.11. The van der Waals surface area contributed by atoms with E-state index in [4.69, 9.17) is 4.74 Å². The highest BCUT2D eigenvalue weighted by atomic mass is 19.1. The third kappa shape index (κ3) is 4.62. The number of amides is 2. The van der Waals surface area contributed by atoms with Crippen molar-refractivity contribution >= 4 is 34.1 Å². The van der Waals surface area contributed by atoms with E-state index in [9.17, 15) is 18.8 Å². The predicted octanol–water partition coefficient (Wildman–Crippen LogP) is 3.67. The molecule has 0 atom stereocenters. The van der Waals surface area contributed by atoms with E-state index in [1.165, 1.54) is 13.1 Å². The van der Waals surface area contributed by atoms with E-state index in [1.807, 2.05) is 0 Å². The Kier molecular flexibility index (Phi) is 5.55. The lowest BCUT2D eigenvalue weighted by Gasteiger charge is -2.20. The van der Waals surface area contributed by atoms with E-state index in [1.54, 1.807) is 45.0 Å². The summed E-state index contributed by atoms with van der Waals surface area (Å²) in [5.74, 6) is -1.28. The Morgan fingerprint density at radius 2 is 1.70 bits per heavy atom. The highest BCUT2D eigenvalue weighted by Gasteiger charge is 2.20. The predicted molar refractivity (Wildman–Crippen MR) is 111 cm³/mol. The molecule has 0 aliphatic rings. The molecule has 9 heteroatoms. The van der Waals surface area contributed by atoms with Crippen LogP contribution in [-0.2, 0) is 11.8 Å². The quantitative estimate of drug-likeness (QED) is 0.683. The fourth-order valence-electron chi connectivity index (χ4n) is 2.79. The van der Waals surface area contributed by atoms with E-state index in [0.717, 1.165) is 16.8 Å². The zero-order valence-corrected chi connectivity index (χ0v) is 16.9.